The Labute approximate surface area is 466 Å². The summed E-state index contributed by atoms with van der Waals surface area (Å²) in [6, 6.07) is 105. The Morgan fingerprint density at radius 2 is 0.759 bits per heavy atom. The number of nitrogens with zero attached hydrogens (tertiary/aromatic N) is 2. The lowest BCUT2D eigenvalue weighted by atomic mass is 10.00. The maximum atomic E-state index is 4.16. The second-order valence-corrected chi connectivity index (χ2v) is 20.8. The number of aromatic nitrogens is 1. The highest BCUT2D eigenvalue weighted by molar-refractivity contribution is 7.18. The summed E-state index contributed by atoms with van der Waals surface area (Å²) in [6.45, 7) is 4.16. The zero-order valence-electron chi connectivity index (χ0n) is 43.5. The van der Waals surface area contributed by atoms with Crippen molar-refractivity contribution < 1.29 is 0 Å². The van der Waals surface area contributed by atoms with E-state index in [1.807, 2.05) is 23.5 Å². The molecule has 0 saturated heterocycles. The van der Waals surface area contributed by atoms with Crippen LogP contribution in [0.25, 0.3) is 105 Å². The standard InChI is InChI=1S/C76H54N2S/c1-2-55(22-14-17-54-15-6-3-7-16-54)57-33-42-67(43-34-57)77(68-44-35-60(36-45-68)59-27-25-58(26-28-59)56-18-8-4-9-19-56)69-46-37-61(38-47-69)62-39-48-70(49-40-62)78-73-24-13-12-23-71(73)72-53-66(41-50-74(72)78)63-29-31-65(32-30-63)76-52-51-75(79-76)64-20-10-5-11-21-64/h2-53H,1H2. The predicted octanol–water partition coefficient (Wildman–Crippen LogP) is 21.6. The minimum atomic E-state index is 1.06. The molecule has 0 aliphatic heterocycles. The van der Waals surface area contributed by atoms with Gasteiger partial charge in [0.05, 0.1) is 11.0 Å². The molecule has 0 amide bonds. The third-order valence-corrected chi connectivity index (χ3v) is 16.1. The zero-order chi connectivity index (χ0) is 52.9. The molecule has 3 heteroatoms. The third-order valence-electron chi connectivity index (χ3n) is 14.9. The molecule has 0 saturated carbocycles. The fraction of sp³-hybridized carbons (Fsp3) is 0. The Balaban J connectivity index is 0.777. The lowest BCUT2D eigenvalue weighted by molar-refractivity contribution is 1.18. The highest BCUT2D eigenvalue weighted by Crippen LogP contribution is 2.41. The molecular weight excluding hydrogens is 973 g/mol. The molecule has 79 heavy (non-hydrogen) atoms. The second kappa shape index (κ2) is 21.9. The fourth-order valence-corrected chi connectivity index (χ4v) is 11.8. The van der Waals surface area contributed by atoms with Crippen molar-refractivity contribution in [1.29, 1.82) is 0 Å². The average molecular weight is 1030 g/mol. The van der Waals surface area contributed by atoms with E-state index in [2.05, 4.69) is 319 Å². The van der Waals surface area contributed by atoms with Crippen LogP contribution >= 0.6 is 11.3 Å². The van der Waals surface area contributed by atoms with Crippen LogP contribution in [0.5, 0.6) is 0 Å². The first-order valence-electron chi connectivity index (χ1n) is 26.8. The second-order valence-electron chi connectivity index (χ2n) is 19.8. The Hall–Kier alpha value is -10.1. The summed E-state index contributed by atoms with van der Waals surface area (Å²) >= 11 is 1.84. The molecule has 0 N–H and O–H groups in total. The summed E-state index contributed by atoms with van der Waals surface area (Å²) in [5, 5.41) is 2.48. The lowest BCUT2D eigenvalue weighted by Crippen LogP contribution is -2.10. The smallest absolute Gasteiger partial charge is 0.0541 e. The van der Waals surface area contributed by atoms with Crippen molar-refractivity contribution in [2.24, 2.45) is 0 Å². The van der Waals surface area contributed by atoms with E-state index in [0.29, 0.717) is 0 Å². The summed E-state index contributed by atoms with van der Waals surface area (Å²) in [5.74, 6) is 0. The molecule has 13 rings (SSSR count). The van der Waals surface area contributed by atoms with Gasteiger partial charge in [0.15, 0.2) is 0 Å². The Morgan fingerprint density at radius 1 is 0.354 bits per heavy atom. The number of fused-ring (bicyclic) bond motifs is 3. The van der Waals surface area contributed by atoms with E-state index in [1.165, 1.54) is 76.1 Å². The van der Waals surface area contributed by atoms with Crippen LogP contribution in [0.1, 0.15) is 11.1 Å². The van der Waals surface area contributed by atoms with E-state index in [4.69, 9.17) is 0 Å². The molecule has 0 bridgehead atoms. The largest absolute Gasteiger partial charge is 0.311 e. The minimum absolute atomic E-state index is 1.06. The van der Waals surface area contributed by atoms with Gasteiger partial charge in [0.1, 0.15) is 0 Å². The van der Waals surface area contributed by atoms with Gasteiger partial charge in [-0.25, -0.2) is 0 Å². The normalized spacial score (nSPS) is 11.6. The van der Waals surface area contributed by atoms with Crippen molar-refractivity contribution >= 4 is 61.9 Å². The quantitative estimate of drug-likeness (QED) is 0.0986. The van der Waals surface area contributed by atoms with Gasteiger partial charge in [0, 0.05) is 43.3 Å². The van der Waals surface area contributed by atoms with Crippen molar-refractivity contribution in [3.05, 3.63) is 327 Å². The summed E-state index contributed by atoms with van der Waals surface area (Å²) in [4.78, 5) is 4.89. The molecule has 0 spiro atoms. The van der Waals surface area contributed by atoms with Crippen LogP contribution < -0.4 is 4.90 Å². The average Bonchev–Trinajstić information content (AvgIpc) is 4.22. The molecule has 2 aromatic heterocycles. The van der Waals surface area contributed by atoms with Crippen LogP contribution in [0.3, 0.4) is 0 Å². The number of allylic oxidation sites excluding steroid dienone is 4. The SMILES string of the molecule is C=CC(=CC=Cc1ccccc1)c1ccc(N(c2ccc(-c3ccc(-c4ccccc4)cc3)cc2)c2ccc(-c3ccc(-n4c5ccccc5c5cc(-c6ccc(-c7ccc(-c8ccccc8)s7)cc6)ccc54)cc3)cc2)cc1. The summed E-state index contributed by atoms with van der Waals surface area (Å²) in [6.07, 6.45) is 8.25. The van der Waals surface area contributed by atoms with Crippen molar-refractivity contribution in [3.63, 3.8) is 0 Å². The highest BCUT2D eigenvalue weighted by Gasteiger charge is 2.17. The van der Waals surface area contributed by atoms with Gasteiger partial charge in [-0.1, -0.05) is 243 Å². The first-order valence-corrected chi connectivity index (χ1v) is 27.6. The fourth-order valence-electron chi connectivity index (χ4n) is 10.8. The highest BCUT2D eigenvalue weighted by atomic mass is 32.1. The van der Waals surface area contributed by atoms with E-state index in [0.717, 1.165) is 50.6 Å². The molecule has 2 heterocycles. The van der Waals surface area contributed by atoms with E-state index < -0.39 is 0 Å². The van der Waals surface area contributed by atoms with E-state index >= 15 is 0 Å². The van der Waals surface area contributed by atoms with Crippen molar-refractivity contribution in [2.75, 3.05) is 4.90 Å². The van der Waals surface area contributed by atoms with Crippen LogP contribution in [0.4, 0.5) is 17.1 Å². The van der Waals surface area contributed by atoms with Gasteiger partial charge in [-0.15, -0.1) is 11.3 Å². The minimum Gasteiger partial charge on any atom is -0.311 e. The van der Waals surface area contributed by atoms with Gasteiger partial charge in [0.2, 0.25) is 0 Å². The lowest BCUT2D eigenvalue weighted by Gasteiger charge is -2.26. The third kappa shape index (κ3) is 10.1. The van der Waals surface area contributed by atoms with Crippen LogP contribution in [0, 0.1) is 0 Å². The summed E-state index contributed by atoms with van der Waals surface area (Å²) < 4.78 is 2.40. The molecule has 13 aromatic rings. The topological polar surface area (TPSA) is 8.17 Å². The van der Waals surface area contributed by atoms with Crippen molar-refractivity contribution in [1.82, 2.24) is 4.57 Å². The van der Waals surface area contributed by atoms with E-state index in [1.54, 1.807) is 0 Å². The summed E-state index contributed by atoms with van der Waals surface area (Å²) in [5.41, 5.74) is 22.0. The van der Waals surface area contributed by atoms with E-state index in [9.17, 15) is 0 Å². The number of rotatable bonds is 14. The number of anilines is 3. The summed E-state index contributed by atoms with van der Waals surface area (Å²) in [7, 11) is 0. The molecule has 0 atom stereocenters. The van der Waals surface area contributed by atoms with Gasteiger partial charge in [-0.05, 0) is 151 Å². The molecular formula is C76H54N2S. The molecule has 2 nitrogen and oxygen atoms in total. The Morgan fingerprint density at radius 3 is 1.32 bits per heavy atom. The number of para-hydroxylation sites is 1. The van der Waals surface area contributed by atoms with Crippen molar-refractivity contribution in [3.8, 4) is 71.1 Å². The van der Waals surface area contributed by atoms with E-state index in [-0.39, 0.29) is 0 Å². The van der Waals surface area contributed by atoms with Gasteiger partial charge in [-0.2, -0.15) is 0 Å². The first kappa shape index (κ1) is 48.6. The Bertz CT molecular complexity index is 4280. The number of hydrogen-bond donors (Lipinski definition) is 0. The number of benzene rings is 11. The molecule has 11 aromatic carbocycles. The van der Waals surface area contributed by atoms with Crippen molar-refractivity contribution in [2.45, 2.75) is 0 Å². The van der Waals surface area contributed by atoms with Crippen LogP contribution in [-0.4, -0.2) is 4.57 Å². The molecule has 0 unspecified atom stereocenters. The van der Waals surface area contributed by atoms with Gasteiger partial charge >= 0.3 is 0 Å². The van der Waals surface area contributed by atoms with Gasteiger partial charge < -0.3 is 9.47 Å². The van der Waals surface area contributed by atoms with Crippen LogP contribution in [-0.2, 0) is 0 Å². The first-order chi connectivity index (χ1) is 39.1. The van der Waals surface area contributed by atoms with Gasteiger partial charge in [-0.3, -0.25) is 0 Å². The van der Waals surface area contributed by atoms with Gasteiger partial charge in [0.25, 0.3) is 0 Å². The number of hydrogen-bond acceptors (Lipinski definition) is 2. The Kier molecular flexibility index (Phi) is 13.5. The predicted molar refractivity (Wildman–Crippen MR) is 340 cm³/mol. The van der Waals surface area contributed by atoms with Crippen LogP contribution in [0.2, 0.25) is 0 Å². The maximum absolute atomic E-state index is 4.16. The number of thiophene rings is 1. The molecule has 0 radical (unpaired) electrons. The molecule has 0 fully saturated rings. The molecule has 0 aliphatic carbocycles. The van der Waals surface area contributed by atoms with Crippen LogP contribution in [0.15, 0.2) is 316 Å². The molecule has 374 valence electrons. The molecule has 0 aliphatic rings. The maximum Gasteiger partial charge on any atom is 0.0541 e. The zero-order valence-corrected chi connectivity index (χ0v) is 44.3. The monoisotopic (exact) mass is 1030 g/mol.